The number of fused-ring (bicyclic) bond motifs is 2. The maximum atomic E-state index is 12.8. The first-order valence-corrected chi connectivity index (χ1v) is 9.44. The van der Waals surface area contributed by atoms with Gasteiger partial charge in [-0.05, 0) is 37.1 Å². The fraction of sp³-hybridized carbons (Fsp3) is 0.318. The number of carboxylic acid groups (broad SMARTS) is 1. The molecule has 28 heavy (non-hydrogen) atoms. The van der Waals surface area contributed by atoms with Gasteiger partial charge in [-0.15, -0.1) is 0 Å². The van der Waals surface area contributed by atoms with E-state index >= 15 is 0 Å². The Balaban J connectivity index is 1.98. The molecule has 6 heteroatoms. The van der Waals surface area contributed by atoms with Crippen molar-refractivity contribution in [1.82, 2.24) is 9.88 Å². The zero-order valence-electron chi connectivity index (χ0n) is 16.1. The number of carbonyl (C=O) groups is 2. The summed E-state index contributed by atoms with van der Waals surface area (Å²) in [4.78, 5) is 37.1. The molecule has 0 saturated heterocycles. The quantitative estimate of drug-likeness (QED) is 0.616. The van der Waals surface area contributed by atoms with Gasteiger partial charge in [0.1, 0.15) is 6.54 Å². The third-order valence-corrected chi connectivity index (χ3v) is 5.61. The number of carbonyl (C=O) groups excluding carboxylic acids is 1. The number of hydrogen-bond donors (Lipinski definition) is 2. The van der Waals surface area contributed by atoms with E-state index in [2.05, 4.69) is 5.32 Å². The second-order valence-electron chi connectivity index (χ2n) is 7.02. The maximum Gasteiger partial charge on any atom is 0.311 e. The number of carboxylic acids is 1. The van der Waals surface area contributed by atoms with Crippen molar-refractivity contribution in [3.8, 4) is 0 Å². The van der Waals surface area contributed by atoms with Gasteiger partial charge in [-0.2, -0.15) is 0 Å². The van der Waals surface area contributed by atoms with Crippen molar-refractivity contribution in [2.45, 2.75) is 33.2 Å². The molecule has 0 fully saturated rings. The van der Waals surface area contributed by atoms with Gasteiger partial charge in [0.25, 0.3) is 0 Å². The van der Waals surface area contributed by atoms with Gasteiger partial charge in [-0.25, -0.2) is 0 Å². The number of amides is 1. The molecule has 0 spiro atoms. The highest BCUT2D eigenvalue weighted by Crippen LogP contribution is 2.26. The lowest BCUT2D eigenvalue weighted by molar-refractivity contribution is -0.149. The average molecular weight is 380 g/mol. The summed E-state index contributed by atoms with van der Waals surface area (Å²) >= 11 is 0. The van der Waals surface area contributed by atoms with Crippen LogP contribution in [0.3, 0.4) is 0 Å². The summed E-state index contributed by atoms with van der Waals surface area (Å²) in [5, 5.41) is 13.4. The second kappa shape index (κ2) is 7.84. The molecular weight excluding hydrogens is 356 g/mol. The Bertz CT molecular complexity index is 1040. The summed E-state index contributed by atoms with van der Waals surface area (Å²) in [5.74, 6) is -1.19. The summed E-state index contributed by atoms with van der Waals surface area (Å²) in [5.41, 5.74) is 0.321. The lowest BCUT2D eigenvalue weighted by Crippen LogP contribution is -2.43. The maximum absolute atomic E-state index is 12.8. The normalized spacial score (nSPS) is 11.6. The monoisotopic (exact) mass is 380 g/mol. The lowest BCUT2D eigenvalue weighted by Gasteiger charge is -2.27. The standard InChI is InChI=1S/C22H24N2O4/c1-3-22(4-2,21(27)28)14-23-19(25)13-24-17-11-7-5-9-15(17)20(26)16-10-6-8-12-18(16)24/h5-12H,3-4,13-14H2,1-2H3,(H,23,25)(H,27,28). The Morgan fingerprint density at radius 1 is 0.964 bits per heavy atom. The van der Waals surface area contributed by atoms with E-state index in [0.29, 0.717) is 34.6 Å². The van der Waals surface area contributed by atoms with Crippen LogP contribution < -0.4 is 10.7 Å². The molecule has 0 atom stereocenters. The average Bonchev–Trinajstić information content (AvgIpc) is 2.72. The number of nitrogens with zero attached hydrogens (tertiary/aromatic N) is 1. The van der Waals surface area contributed by atoms with Crippen LogP contribution in [-0.4, -0.2) is 28.1 Å². The van der Waals surface area contributed by atoms with E-state index in [1.165, 1.54) is 0 Å². The minimum absolute atomic E-state index is 0.00440. The fourth-order valence-corrected chi connectivity index (χ4v) is 3.59. The van der Waals surface area contributed by atoms with Crippen LogP contribution in [0.4, 0.5) is 0 Å². The molecule has 1 heterocycles. The minimum atomic E-state index is -0.969. The van der Waals surface area contributed by atoms with Crippen LogP contribution in [-0.2, 0) is 16.1 Å². The molecule has 3 aromatic rings. The van der Waals surface area contributed by atoms with Crippen molar-refractivity contribution in [2.24, 2.45) is 5.41 Å². The van der Waals surface area contributed by atoms with Gasteiger partial charge in [-0.1, -0.05) is 38.1 Å². The van der Waals surface area contributed by atoms with Gasteiger partial charge in [0, 0.05) is 17.3 Å². The Hall–Kier alpha value is -3.15. The summed E-state index contributed by atoms with van der Waals surface area (Å²) in [6.07, 6.45) is 0.867. The molecule has 0 aliphatic carbocycles. The second-order valence-corrected chi connectivity index (χ2v) is 7.02. The third kappa shape index (κ3) is 3.38. The fourth-order valence-electron chi connectivity index (χ4n) is 3.59. The molecule has 3 rings (SSSR count). The van der Waals surface area contributed by atoms with Crippen molar-refractivity contribution < 1.29 is 14.7 Å². The van der Waals surface area contributed by atoms with E-state index in [0.717, 1.165) is 0 Å². The predicted octanol–water partition coefficient (Wildman–Crippen LogP) is 3.16. The Labute approximate surface area is 162 Å². The van der Waals surface area contributed by atoms with E-state index in [1.807, 2.05) is 42.7 Å². The first kappa shape index (κ1) is 19.6. The Morgan fingerprint density at radius 3 is 1.93 bits per heavy atom. The Morgan fingerprint density at radius 2 is 1.46 bits per heavy atom. The number of aliphatic carboxylic acids is 1. The predicted molar refractivity (Wildman–Crippen MR) is 109 cm³/mol. The molecule has 0 saturated carbocycles. The smallest absolute Gasteiger partial charge is 0.311 e. The van der Waals surface area contributed by atoms with Crippen molar-refractivity contribution in [3.63, 3.8) is 0 Å². The van der Waals surface area contributed by atoms with E-state index in [-0.39, 0.29) is 24.4 Å². The van der Waals surface area contributed by atoms with E-state index in [1.54, 1.807) is 24.3 Å². The van der Waals surface area contributed by atoms with Crippen molar-refractivity contribution >= 4 is 33.7 Å². The molecule has 0 aliphatic rings. The number of pyridine rings is 1. The zero-order valence-corrected chi connectivity index (χ0v) is 16.1. The molecular formula is C22H24N2O4. The van der Waals surface area contributed by atoms with Crippen LogP contribution in [0.1, 0.15) is 26.7 Å². The first-order chi connectivity index (χ1) is 13.4. The SMILES string of the molecule is CCC(CC)(CNC(=O)Cn1c2ccccc2c(=O)c2ccccc21)C(=O)O. The molecule has 0 unspecified atom stereocenters. The Kier molecular flexibility index (Phi) is 5.49. The number of nitrogens with one attached hydrogen (secondary N) is 1. The molecule has 2 aromatic carbocycles. The van der Waals surface area contributed by atoms with Crippen LogP contribution in [0.2, 0.25) is 0 Å². The molecule has 0 radical (unpaired) electrons. The number of para-hydroxylation sites is 2. The summed E-state index contributed by atoms with van der Waals surface area (Å²) in [6, 6.07) is 14.4. The lowest BCUT2D eigenvalue weighted by atomic mass is 9.82. The molecule has 146 valence electrons. The van der Waals surface area contributed by atoms with Crippen LogP contribution in [0.25, 0.3) is 21.8 Å². The largest absolute Gasteiger partial charge is 0.481 e. The highest BCUT2D eigenvalue weighted by molar-refractivity contribution is 5.94. The molecule has 1 amide bonds. The zero-order chi connectivity index (χ0) is 20.3. The number of aromatic nitrogens is 1. The summed E-state index contributed by atoms with van der Waals surface area (Å²) in [6.45, 7) is 3.70. The minimum Gasteiger partial charge on any atom is -0.481 e. The van der Waals surface area contributed by atoms with Crippen LogP contribution in [0, 0.1) is 5.41 Å². The molecule has 0 aliphatic heterocycles. The number of benzene rings is 2. The van der Waals surface area contributed by atoms with E-state index < -0.39 is 11.4 Å². The third-order valence-electron chi connectivity index (χ3n) is 5.61. The van der Waals surface area contributed by atoms with Gasteiger partial charge in [0.2, 0.25) is 5.91 Å². The van der Waals surface area contributed by atoms with Crippen molar-refractivity contribution in [1.29, 1.82) is 0 Å². The number of hydrogen-bond acceptors (Lipinski definition) is 3. The number of rotatable bonds is 7. The van der Waals surface area contributed by atoms with Crippen LogP contribution in [0.5, 0.6) is 0 Å². The first-order valence-electron chi connectivity index (χ1n) is 9.44. The summed E-state index contributed by atoms with van der Waals surface area (Å²) < 4.78 is 1.81. The van der Waals surface area contributed by atoms with Gasteiger partial charge < -0.3 is 15.0 Å². The highest BCUT2D eigenvalue weighted by atomic mass is 16.4. The molecule has 2 N–H and O–H groups in total. The van der Waals surface area contributed by atoms with Gasteiger partial charge in [0.15, 0.2) is 5.43 Å². The van der Waals surface area contributed by atoms with Crippen LogP contribution >= 0.6 is 0 Å². The molecule has 0 bridgehead atoms. The summed E-state index contributed by atoms with van der Waals surface area (Å²) in [7, 11) is 0. The van der Waals surface area contributed by atoms with Crippen LogP contribution in [0.15, 0.2) is 53.3 Å². The van der Waals surface area contributed by atoms with Gasteiger partial charge >= 0.3 is 5.97 Å². The highest BCUT2D eigenvalue weighted by Gasteiger charge is 2.35. The van der Waals surface area contributed by atoms with Gasteiger partial charge in [-0.3, -0.25) is 14.4 Å². The van der Waals surface area contributed by atoms with E-state index in [4.69, 9.17) is 0 Å². The molecule has 1 aromatic heterocycles. The van der Waals surface area contributed by atoms with Crippen molar-refractivity contribution in [2.75, 3.05) is 6.54 Å². The van der Waals surface area contributed by atoms with E-state index in [9.17, 15) is 19.5 Å². The topological polar surface area (TPSA) is 88.4 Å². The van der Waals surface area contributed by atoms with Crippen molar-refractivity contribution in [3.05, 3.63) is 58.8 Å². The molecule has 6 nitrogen and oxygen atoms in total. The van der Waals surface area contributed by atoms with Gasteiger partial charge in [0.05, 0.1) is 16.4 Å².